The molecule has 120 valence electrons. The number of halogens is 1. The number of carbonyl (C=O) groups excluding carboxylic acids is 1. The van der Waals surface area contributed by atoms with Gasteiger partial charge in [0.15, 0.2) is 5.43 Å². The fourth-order valence-corrected chi connectivity index (χ4v) is 3.47. The zero-order chi connectivity index (χ0) is 17.0. The highest BCUT2D eigenvalue weighted by molar-refractivity contribution is 6.30. The van der Waals surface area contributed by atoms with Gasteiger partial charge in [0.05, 0.1) is 17.0 Å². The van der Waals surface area contributed by atoms with Crippen molar-refractivity contribution in [2.75, 3.05) is 7.05 Å². The van der Waals surface area contributed by atoms with Crippen LogP contribution in [0.2, 0.25) is 5.02 Å². The lowest BCUT2D eigenvalue weighted by Gasteiger charge is -2.20. The number of hydrogen-bond donors (Lipinski definition) is 0. The van der Waals surface area contributed by atoms with Crippen LogP contribution in [-0.4, -0.2) is 17.9 Å². The summed E-state index contributed by atoms with van der Waals surface area (Å²) in [6.07, 6.45) is 0. The van der Waals surface area contributed by atoms with Gasteiger partial charge in [-0.1, -0.05) is 35.4 Å². The Hall–Kier alpha value is -2.59. The first-order valence-electron chi connectivity index (χ1n) is 7.57. The summed E-state index contributed by atoms with van der Waals surface area (Å²) in [4.78, 5) is 27.2. The van der Waals surface area contributed by atoms with Crippen LogP contribution in [0.5, 0.6) is 0 Å². The minimum Gasteiger partial charge on any atom is -0.450 e. The molecule has 4 nitrogen and oxygen atoms in total. The summed E-state index contributed by atoms with van der Waals surface area (Å²) in [6, 6.07) is 12.1. The van der Waals surface area contributed by atoms with E-state index in [-0.39, 0.29) is 17.1 Å². The molecule has 2 aromatic carbocycles. The number of aryl methyl sites for hydroxylation is 1. The molecule has 2 heterocycles. The van der Waals surface area contributed by atoms with Gasteiger partial charge in [-0.15, -0.1) is 0 Å². The Labute approximate surface area is 143 Å². The van der Waals surface area contributed by atoms with E-state index in [2.05, 4.69) is 0 Å². The number of fused-ring (bicyclic) bond motifs is 2. The highest BCUT2D eigenvalue weighted by atomic mass is 35.5. The highest BCUT2D eigenvalue weighted by Crippen LogP contribution is 2.37. The molecule has 0 saturated carbocycles. The van der Waals surface area contributed by atoms with Crippen molar-refractivity contribution in [1.82, 2.24) is 4.90 Å². The van der Waals surface area contributed by atoms with Gasteiger partial charge >= 0.3 is 0 Å². The Morgan fingerprint density at radius 2 is 1.92 bits per heavy atom. The van der Waals surface area contributed by atoms with Crippen LogP contribution in [0.3, 0.4) is 0 Å². The van der Waals surface area contributed by atoms with Gasteiger partial charge in [0.2, 0.25) is 5.76 Å². The molecular formula is C19H14ClNO3. The summed E-state index contributed by atoms with van der Waals surface area (Å²) in [5.74, 6) is -0.182. The van der Waals surface area contributed by atoms with Crippen LogP contribution in [0.4, 0.5) is 0 Å². The summed E-state index contributed by atoms with van der Waals surface area (Å²) in [5.41, 5.74) is 2.39. The summed E-state index contributed by atoms with van der Waals surface area (Å²) < 4.78 is 5.78. The van der Waals surface area contributed by atoms with E-state index in [0.717, 1.165) is 11.1 Å². The van der Waals surface area contributed by atoms with Crippen molar-refractivity contribution >= 4 is 28.5 Å². The Balaban J connectivity index is 2.05. The number of rotatable bonds is 1. The summed E-state index contributed by atoms with van der Waals surface area (Å²) in [6.45, 7) is 1.91. The lowest BCUT2D eigenvalue weighted by molar-refractivity contribution is 0.0771. The molecule has 0 N–H and O–H groups in total. The molecule has 0 aliphatic carbocycles. The van der Waals surface area contributed by atoms with Crippen LogP contribution in [0, 0.1) is 6.92 Å². The topological polar surface area (TPSA) is 50.5 Å². The molecule has 0 saturated heterocycles. The fourth-order valence-electron chi connectivity index (χ4n) is 3.27. The van der Waals surface area contributed by atoms with Crippen molar-refractivity contribution in [2.24, 2.45) is 0 Å². The quantitative estimate of drug-likeness (QED) is 0.675. The van der Waals surface area contributed by atoms with Crippen molar-refractivity contribution in [2.45, 2.75) is 13.0 Å². The molecule has 0 radical (unpaired) electrons. The van der Waals surface area contributed by atoms with Gasteiger partial charge < -0.3 is 9.32 Å². The van der Waals surface area contributed by atoms with Crippen molar-refractivity contribution in [3.63, 3.8) is 0 Å². The first kappa shape index (κ1) is 15.0. The van der Waals surface area contributed by atoms with Gasteiger partial charge in [0.25, 0.3) is 5.91 Å². The van der Waals surface area contributed by atoms with Crippen LogP contribution in [0.25, 0.3) is 11.0 Å². The maximum atomic E-state index is 13.1. The number of benzene rings is 2. The molecule has 0 unspecified atom stereocenters. The standard InChI is InChI=1S/C19H14ClNO3/c1-10-6-7-14-13(8-10)17(22)15-16(11-4-3-5-12(20)9-11)21(2)19(23)18(15)24-14/h3-9,16H,1-2H3/t16-/m1/s1. The van der Waals surface area contributed by atoms with E-state index in [1.807, 2.05) is 19.1 Å². The number of carbonyl (C=O) groups is 1. The Morgan fingerprint density at radius 1 is 1.12 bits per heavy atom. The van der Waals surface area contributed by atoms with Gasteiger partial charge in [0, 0.05) is 12.1 Å². The van der Waals surface area contributed by atoms with Crippen molar-refractivity contribution < 1.29 is 9.21 Å². The second kappa shape index (κ2) is 5.21. The fraction of sp³-hybridized carbons (Fsp3) is 0.158. The van der Waals surface area contributed by atoms with E-state index in [1.54, 1.807) is 37.4 Å². The van der Waals surface area contributed by atoms with Crippen molar-refractivity contribution in [3.05, 3.63) is 80.2 Å². The average molecular weight is 340 g/mol. The smallest absolute Gasteiger partial charge is 0.290 e. The minimum atomic E-state index is -0.493. The molecule has 0 bridgehead atoms. The third-order valence-electron chi connectivity index (χ3n) is 4.42. The van der Waals surface area contributed by atoms with Crippen LogP contribution in [-0.2, 0) is 0 Å². The predicted octanol–water partition coefficient (Wildman–Crippen LogP) is 3.93. The molecule has 3 aromatic rings. The van der Waals surface area contributed by atoms with Gasteiger partial charge in [-0.3, -0.25) is 9.59 Å². The molecule has 1 aliphatic rings. The Bertz CT molecular complexity index is 1050. The Kier molecular flexibility index (Phi) is 3.25. The Morgan fingerprint density at radius 3 is 2.67 bits per heavy atom. The molecule has 1 aromatic heterocycles. The summed E-state index contributed by atoms with van der Waals surface area (Å²) >= 11 is 6.09. The SMILES string of the molecule is Cc1ccc2oc3c(c(=O)c2c1)[C@@H](c1cccc(Cl)c1)N(C)C3=O. The summed E-state index contributed by atoms with van der Waals surface area (Å²) in [5, 5.41) is 1.05. The van der Waals surface area contributed by atoms with Crippen LogP contribution >= 0.6 is 11.6 Å². The maximum Gasteiger partial charge on any atom is 0.290 e. The van der Waals surface area contributed by atoms with Crippen molar-refractivity contribution in [3.8, 4) is 0 Å². The van der Waals surface area contributed by atoms with Gasteiger partial charge in [-0.2, -0.15) is 0 Å². The molecule has 0 spiro atoms. The van der Waals surface area contributed by atoms with Gasteiger partial charge in [-0.25, -0.2) is 0 Å². The van der Waals surface area contributed by atoms with Crippen LogP contribution in [0.15, 0.2) is 51.7 Å². The third-order valence-corrected chi connectivity index (χ3v) is 4.66. The monoisotopic (exact) mass is 339 g/mol. The normalized spacial score (nSPS) is 16.7. The second-order valence-corrected chi connectivity index (χ2v) is 6.48. The lowest BCUT2D eigenvalue weighted by Crippen LogP contribution is -2.25. The molecule has 1 amide bonds. The first-order valence-corrected chi connectivity index (χ1v) is 7.95. The van der Waals surface area contributed by atoms with Crippen LogP contribution < -0.4 is 5.43 Å². The second-order valence-electron chi connectivity index (χ2n) is 6.05. The van der Waals surface area contributed by atoms with E-state index >= 15 is 0 Å². The van der Waals surface area contributed by atoms with E-state index < -0.39 is 6.04 Å². The van der Waals surface area contributed by atoms with Gasteiger partial charge in [0.1, 0.15) is 5.58 Å². The van der Waals surface area contributed by atoms with E-state index in [0.29, 0.717) is 21.6 Å². The molecule has 1 atom stereocenters. The lowest BCUT2D eigenvalue weighted by atomic mass is 9.98. The van der Waals surface area contributed by atoms with E-state index in [4.69, 9.17) is 16.0 Å². The minimum absolute atomic E-state index is 0.115. The number of hydrogen-bond acceptors (Lipinski definition) is 3. The zero-order valence-corrected chi connectivity index (χ0v) is 13.9. The highest BCUT2D eigenvalue weighted by Gasteiger charge is 2.40. The molecular weight excluding hydrogens is 326 g/mol. The zero-order valence-electron chi connectivity index (χ0n) is 13.2. The molecule has 24 heavy (non-hydrogen) atoms. The predicted molar refractivity (Wildman–Crippen MR) is 92.6 cm³/mol. The largest absolute Gasteiger partial charge is 0.450 e. The summed E-state index contributed by atoms with van der Waals surface area (Å²) in [7, 11) is 1.67. The van der Waals surface area contributed by atoms with Gasteiger partial charge in [-0.05, 0) is 36.8 Å². The van der Waals surface area contributed by atoms with Crippen LogP contribution in [0.1, 0.15) is 33.3 Å². The molecule has 0 fully saturated rings. The van der Waals surface area contributed by atoms with E-state index in [9.17, 15) is 9.59 Å². The third kappa shape index (κ3) is 2.07. The first-order chi connectivity index (χ1) is 11.5. The van der Waals surface area contributed by atoms with E-state index in [1.165, 1.54) is 4.90 Å². The molecule has 1 aliphatic heterocycles. The maximum absolute atomic E-state index is 13.1. The average Bonchev–Trinajstić information content (AvgIpc) is 2.81. The molecule has 4 rings (SSSR count). The number of nitrogens with zero attached hydrogens (tertiary/aromatic N) is 1. The molecule has 5 heteroatoms. The van der Waals surface area contributed by atoms with Crippen molar-refractivity contribution in [1.29, 1.82) is 0 Å². The number of amides is 1.